The van der Waals surface area contributed by atoms with Crippen LogP contribution in [0.3, 0.4) is 0 Å². The second kappa shape index (κ2) is 6.71. The standard InChI is InChI=1S/C15H20ClN3O3/c16-13-4-3-12(22-13)15(21)19-9-7-17(8-10-19)11-14(20)18-5-1-2-6-18/h3-4H,1-2,5-11H2. The molecule has 1 aromatic heterocycles. The topological polar surface area (TPSA) is 57.0 Å². The summed E-state index contributed by atoms with van der Waals surface area (Å²) in [6, 6.07) is 3.16. The summed E-state index contributed by atoms with van der Waals surface area (Å²) in [6.45, 7) is 4.84. The average Bonchev–Trinajstić information content (AvgIpc) is 3.18. The van der Waals surface area contributed by atoms with Crippen molar-refractivity contribution >= 4 is 23.4 Å². The number of halogens is 1. The van der Waals surface area contributed by atoms with E-state index in [2.05, 4.69) is 4.90 Å². The molecule has 2 fully saturated rings. The molecule has 2 amide bonds. The molecule has 1 aromatic rings. The lowest BCUT2D eigenvalue weighted by atomic mass is 10.2. The second-order valence-electron chi connectivity index (χ2n) is 5.76. The summed E-state index contributed by atoms with van der Waals surface area (Å²) in [5.74, 6) is 0.333. The van der Waals surface area contributed by atoms with E-state index in [1.165, 1.54) is 0 Å². The molecule has 7 heteroatoms. The minimum absolute atomic E-state index is 0.141. The molecule has 0 unspecified atom stereocenters. The Hall–Kier alpha value is -1.53. The number of furan rings is 1. The SMILES string of the molecule is O=C(CN1CCN(C(=O)c2ccc(Cl)o2)CC1)N1CCCC1. The molecule has 2 aliphatic rings. The molecular weight excluding hydrogens is 306 g/mol. The predicted molar refractivity (Wildman–Crippen MR) is 81.9 cm³/mol. The summed E-state index contributed by atoms with van der Waals surface area (Å²) in [5, 5.41) is 0.221. The van der Waals surface area contributed by atoms with Crippen molar-refractivity contribution in [2.45, 2.75) is 12.8 Å². The second-order valence-corrected chi connectivity index (χ2v) is 6.13. The highest BCUT2D eigenvalue weighted by molar-refractivity contribution is 6.29. The van der Waals surface area contributed by atoms with Crippen LogP contribution in [-0.4, -0.2) is 72.3 Å². The number of nitrogens with zero attached hydrogens (tertiary/aromatic N) is 3. The number of amides is 2. The largest absolute Gasteiger partial charge is 0.440 e. The van der Waals surface area contributed by atoms with Gasteiger partial charge in [-0.3, -0.25) is 14.5 Å². The minimum Gasteiger partial charge on any atom is -0.440 e. The van der Waals surface area contributed by atoms with Gasteiger partial charge in [-0.1, -0.05) is 0 Å². The molecule has 2 saturated heterocycles. The molecule has 0 radical (unpaired) electrons. The molecule has 0 aliphatic carbocycles. The lowest BCUT2D eigenvalue weighted by Crippen LogP contribution is -2.51. The molecule has 0 N–H and O–H groups in total. The lowest BCUT2D eigenvalue weighted by molar-refractivity contribution is -0.131. The monoisotopic (exact) mass is 325 g/mol. The van der Waals surface area contributed by atoms with Gasteiger partial charge in [-0.15, -0.1) is 0 Å². The summed E-state index contributed by atoms with van der Waals surface area (Å²) < 4.78 is 5.16. The molecule has 2 aliphatic heterocycles. The highest BCUT2D eigenvalue weighted by Crippen LogP contribution is 2.16. The summed E-state index contributed by atoms with van der Waals surface area (Å²) in [4.78, 5) is 30.1. The first-order valence-electron chi connectivity index (χ1n) is 7.68. The quantitative estimate of drug-likeness (QED) is 0.841. The van der Waals surface area contributed by atoms with Crippen LogP contribution in [0.2, 0.25) is 5.22 Å². The molecular formula is C15H20ClN3O3. The number of carbonyl (C=O) groups excluding carboxylic acids is 2. The van der Waals surface area contributed by atoms with E-state index >= 15 is 0 Å². The van der Waals surface area contributed by atoms with Crippen LogP contribution in [0.4, 0.5) is 0 Å². The van der Waals surface area contributed by atoms with Crippen molar-refractivity contribution in [1.29, 1.82) is 0 Å². The Balaban J connectivity index is 1.47. The molecule has 22 heavy (non-hydrogen) atoms. The van der Waals surface area contributed by atoms with E-state index in [1.807, 2.05) is 4.90 Å². The normalized spacial score (nSPS) is 19.7. The number of likely N-dealkylation sites (tertiary alicyclic amines) is 1. The van der Waals surface area contributed by atoms with Gasteiger partial charge in [0.05, 0.1) is 6.54 Å². The van der Waals surface area contributed by atoms with Crippen molar-refractivity contribution in [3.63, 3.8) is 0 Å². The Kier molecular flexibility index (Phi) is 4.69. The van der Waals surface area contributed by atoms with Crippen LogP contribution >= 0.6 is 11.6 Å². The number of hydrogen-bond donors (Lipinski definition) is 0. The highest BCUT2D eigenvalue weighted by atomic mass is 35.5. The molecule has 3 rings (SSSR count). The first-order valence-corrected chi connectivity index (χ1v) is 8.06. The zero-order chi connectivity index (χ0) is 15.5. The Labute approximate surface area is 134 Å². The molecule has 6 nitrogen and oxygen atoms in total. The third-order valence-corrected chi connectivity index (χ3v) is 4.46. The molecule has 3 heterocycles. The predicted octanol–water partition coefficient (Wildman–Crippen LogP) is 1.31. The van der Waals surface area contributed by atoms with Gasteiger partial charge in [-0.05, 0) is 36.6 Å². The summed E-state index contributed by atoms with van der Waals surface area (Å²) in [7, 11) is 0. The van der Waals surface area contributed by atoms with Crippen LogP contribution in [0, 0.1) is 0 Å². The van der Waals surface area contributed by atoms with Gasteiger partial charge in [-0.2, -0.15) is 0 Å². The van der Waals surface area contributed by atoms with Crippen LogP contribution in [0.25, 0.3) is 0 Å². The van der Waals surface area contributed by atoms with Crippen molar-refractivity contribution in [1.82, 2.24) is 14.7 Å². The minimum atomic E-state index is -0.141. The number of piperazine rings is 1. The van der Waals surface area contributed by atoms with Gasteiger partial charge in [0.25, 0.3) is 5.91 Å². The third kappa shape index (κ3) is 3.44. The van der Waals surface area contributed by atoms with E-state index in [9.17, 15) is 9.59 Å². The van der Waals surface area contributed by atoms with Crippen molar-refractivity contribution in [3.8, 4) is 0 Å². The summed E-state index contributed by atoms with van der Waals surface area (Å²) in [6.07, 6.45) is 2.22. The van der Waals surface area contributed by atoms with E-state index in [0.717, 1.165) is 25.9 Å². The van der Waals surface area contributed by atoms with Gasteiger partial charge in [0.15, 0.2) is 11.0 Å². The van der Waals surface area contributed by atoms with Crippen LogP contribution in [0.5, 0.6) is 0 Å². The van der Waals surface area contributed by atoms with E-state index in [-0.39, 0.29) is 22.8 Å². The first kappa shape index (κ1) is 15.4. The third-order valence-electron chi connectivity index (χ3n) is 4.26. The van der Waals surface area contributed by atoms with Crippen molar-refractivity contribution in [3.05, 3.63) is 23.1 Å². The van der Waals surface area contributed by atoms with E-state index < -0.39 is 0 Å². The van der Waals surface area contributed by atoms with Gasteiger partial charge in [0, 0.05) is 39.3 Å². The van der Waals surface area contributed by atoms with Crippen LogP contribution in [0.1, 0.15) is 23.4 Å². The van der Waals surface area contributed by atoms with Gasteiger partial charge in [0.2, 0.25) is 5.91 Å². The fourth-order valence-corrected chi connectivity index (χ4v) is 3.10. The van der Waals surface area contributed by atoms with Gasteiger partial charge in [-0.25, -0.2) is 0 Å². The maximum Gasteiger partial charge on any atom is 0.289 e. The highest BCUT2D eigenvalue weighted by Gasteiger charge is 2.26. The van der Waals surface area contributed by atoms with Crippen LogP contribution in [0.15, 0.2) is 16.5 Å². The molecule has 0 bridgehead atoms. The van der Waals surface area contributed by atoms with Gasteiger partial charge >= 0.3 is 0 Å². The van der Waals surface area contributed by atoms with Crippen LogP contribution in [-0.2, 0) is 4.79 Å². The van der Waals surface area contributed by atoms with E-state index in [0.29, 0.717) is 32.7 Å². The molecule has 0 aromatic carbocycles. The maximum absolute atomic E-state index is 12.2. The average molecular weight is 326 g/mol. The Morgan fingerprint density at radius 2 is 1.68 bits per heavy atom. The lowest BCUT2D eigenvalue weighted by Gasteiger charge is -2.34. The zero-order valence-corrected chi connectivity index (χ0v) is 13.2. The smallest absolute Gasteiger partial charge is 0.289 e. The number of carbonyl (C=O) groups is 2. The molecule has 0 saturated carbocycles. The van der Waals surface area contributed by atoms with Crippen molar-refractivity contribution in [2.24, 2.45) is 0 Å². The maximum atomic E-state index is 12.2. The van der Waals surface area contributed by atoms with Crippen molar-refractivity contribution < 1.29 is 14.0 Å². The van der Waals surface area contributed by atoms with E-state index in [4.69, 9.17) is 16.0 Å². The zero-order valence-electron chi connectivity index (χ0n) is 12.5. The summed E-state index contributed by atoms with van der Waals surface area (Å²) in [5.41, 5.74) is 0. The molecule has 0 spiro atoms. The Morgan fingerprint density at radius 3 is 2.27 bits per heavy atom. The first-order chi connectivity index (χ1) is 10.6. The fraction of sp³-hybridized carbons (Fsp3) is 0.600. The Morgan fingerprint density at radius 1 is 1.00 bits per heavy atom. The van der Waals surface area contributed by atoms with Gasteiger partial charge in [0.1, 0.15) is 0 Å². The Bertz CT molecular complexity index is 546. The molecule has 120 valence electrons. The summed E-state index contributed by atoms with van der Waals surface area (Å²) >= 11 is 5.70. The number of hydrogen-bond acceptors (Lipinski definition) is 4. The fourth-order valence-electron chi connectivity index (χ4n) is 2.95. The number of rotatable bonds is 3. The van der Waals surface area contributed by atoms with Crippen LogP contribution < -0.4 is 0 Å². The molecule has 0 atom stereocenters. The van der Waals surface area contributed by atoms with Gasteiger partial charge < -0.3 is 14.2 Å². The van der Waals surface area contributed by atoms with Crippen molar-refractivity contribution in [2.75, 3.05) is 45.8 Å². The van der Waals surface area contributed by atoms with E-state index in [1.54, 1.807) is 17.0 Å².